The Kier molecular flexibility index (Phi) is 6.53. The number of Topliss-reactive ketones (excluding diaryl/α,β-unsaturated/α-hetero) is 2. The number of ketones is 2. The molecule has 6 bridgehead atoms. The van der Waals surface area contributed by atoms with Crippen LogP contribution in [0.1, 0.15) is 108 Å². The number of rotatable bonds is 6. The third-order valence-corrected chi connectivity index (χ3v) is 11.8. The Morgan fingerprint density at radius 2 is 1.80 bits per heavy atom. The lowest BCUT2D eigenvalue weighted by molar-refractivity contribution is -0.171. The molecule has 1 aromatic carbocycles. The Morgan fingerprint density at radius 1 is 1.09 bits per heavy atom. The molecule has 0 amide bonds. The smallest absolute Gasteiger partial charge is 0.330 e. The fourth-order valence-electron chi connectivity index (χ4n) is 9.66. The van der Waals surface area contributed by atoms with E-state index in [0.29, 0.717) is 41.7 Å². The minimum absolute atomic E-state index is 0.0580. The first-order valence-corrected chi connectivity index (χ1v) is 16.5. The van der Waals surface area contributed by atoms with Gasteiger partial charge in [-0.3, -0.25) is 9.59 Å². The molecule has 1 aromatic rings. The second kappa shape index (κ2) is 9.69. The monoisotopic (exact) mass is 628 g/mol. The summed E-state index contributed by atoms with van der Waals surface area (Å²) in [6, 6.07) is 0. The number of ether oxygens (including phenoxy) is 3. The van der Waals surface area contributed by atoms with Crippen molar-refractivity contribution in [2.45, 2.75) is 115 Å². The largest absolute Gasteiger partial charge is 0.507 e. The number of aliphatic carboxylic acids is 1. The van der Waals surface area contributed by atoms with Crippen molar-refractivity contribution in [3.63, 3.8) is 0 Å². The molecule has 4 aliphatic carbocycles. The van der Waals surface area contributed by atoms with Gasteiger partial charge in [0, 0.05) is 46.4 Å². The maximum Gasteiger partial charge on any atom is 0.330 e. The molecule has 2 saturated carbocycles. The number of aromatic hydroxyl groups is 1. The van der Waals surface area contributed by atoms with Crippen LogP contribution in [0.15, 0.2) is 47.1 Å². The van der Waals surface area contributed by atoms with E-state index in [1.807, 2.05) is 34.6 Å². The van der Waals surface area contributed by atoms with Gasteiger partial charge in [-0.1, -0.05) is 36.0 Å². The molecule has 3 aliphatic heterocycles. The lowest BCUT2D eigenvalue weighted by Crippen LogP contribution is -2.72. The third-order valence-electron chi connectivity index (χ3n) is 11.8. The summed E-state index contributed by atoms with van der Waals surface area (Å²) < 4.78 is 20.8. The highest BCUT2D eigenvalue weighted by Crippen LogP contribution is 2.69. The zero-order valence-corrected chi connectivity index (χ0v) is 27.8. The Labute approximate surface area is 270 Å². The van der Waals surface area contributed by atoms with Crippen LogP contribution < -0.4 is 9.47 Å². The molecule has 0 radical (unpaired) electrons. The number of hydrogen-bond donors (Lipinski definition) is 2. The Morgan fingerprint density at radius 3 is 2.46 bits per heavy atom. The van der Waals surface area contributed by atoms with Gasteiger partial charge in [-0.15, -0.1) is 0 Å². The predicted molar refractivity (Wildman–Crippen MR) is 171 cm³/mol. The first-order valence-electron chi connectivity index (χ1n) is 16.5. The van der Waals surface area contributed by atoms with Crippen LogP contribution in [0.25, 0.3) is 0 Å². The minimum atomic E-state index is -1.62. The molecule has 8 rings (SSSR count). The average molecular weight is 629 g/mol. The Balaban J connectivity index is 1.52. The second-order valence-electron chi connectivity index (χ2n) is 15.5. The molecule has 7 aliphatic rings. The molecule has 3 fully saturated rings. The van der Waals surface area contributed by atoms with Crippen LogP contribution in [0.3, 0.4) is 0 Å². The van der Waals surface area contributed by atoms with Crippen LogP contribution in [0, 0.1) is 17.8 Å². The van der Waals surface area contributed by atoms with Crippen LogP contribution in [0.4, 0.5) is 0 Å². The highest BCUT2D eigenvalue weighted by Gasteiger charge is 2.81. The van der Waals surface area contributed by atoms with E-state index in [-0.39, 0.29) is 58.4 Å². The SMILES string of the molecule is C=C(C)C1CCC2(C)CC1c1c(O)c3c(c(CC=C(C)C)c1O2)O[C@]12C(=C[C@@H]4CC1C(C)(C)O[C@@]2(C/C=C(/C)C(=O)O)C4=O)C3=O. The van der Waals surface area contributed by atoms with E-state index in [4.69, 9.17) is 14.2 Å². The second-order valence-corrected chi connectivity index (χ2v) is 15.5. The number of phenolic OH excluding ortho intramolecular Hbond substituents is 1. The number of allylic oxidation sites excluding steroid dienone is 4. The van der Waals surface area contributed by atoms with Gasteiger partial charge < -0.3 is 24.4 Å². The van der Waals surface area contributed by atoms with Gasteiger partial charge in [-0.2, -0.15) is 0 Å². The van der Waals surface area contributed by atoms with Crippen LogP contribution >= 0.6 is 0 Å². The van der Waals surface area contributed by atoms with E-state index in [9.17, 15) is 24.6 Å². The van der Waals surface area contributed by atoms with Crippen LogP contribution in [-0.4, -0.2) is 50.2 Å². The number of phenols is 1. The molecule has 244 valence electrons. The van der Waals surface area contributed by atoms with Gasteiger partial charge in [0.2, 0.25) is 0 Å². The fourth-order valence-corrected chi connectivity index (χ4v) is 9.66. The van der Waals surface area contributed by atoms with Crippen molar-refractivity contribution in [3.05, 3.63) is 63.8 Å². The lowest BCUT2D eigenvalue weighted by atomic mass is 9.51. The quantitative estimate of drug-likeness (QED) is 0.257. The molecule has 1 saturated heterocycles. The third kappa shape index (κ3) is 3.85. The van der Waals surface area contributed by atoms with Gasteiger partial charge >= 0.3 is 5.97 Å². The van der Waals surface area contributed by atoms with E-state index < -0.39 is 34.3 Å². The fraction of sp³-hybridized carbons (Fsp3) is 0.553. The van der Waals surface area contributed by atoms with E-state index in [2.05, 4.69) is 19.6 Å². The average Bonchev–Trinajstić information content (AvgIpc) is 3.11. The molecule has 46 heavy (non-hydrogen) atoms. The molecular formula is C38H44O8. The molecular weight excluding hydrogens is 584 g/mol. The highest BCUT2D eigenvalue weighted by molar-refractivity contribution is 6.18. The zero-order chi connectivity index (χ0) is 33.3. The summed E-state index contributed by atoms with van der Waals surface area (Å²) in [4.78, 5) is 41.1. The number of fused-ring (bicyclic) bond motifs is 5. The summed E-state index contributed by atoms with van der Waals surface area (Å²) in [5.41, 5.74) is -0.519. The molecule has 8 nitrogen and oxygen atoms in total. The molecule has 4 unspecified atom stereocenters. The Hall–Kier alpha value is -3.65. The first-order chi connectivity index (χ1) is 21.5. The van der Waals surface area contributed by atoms with E-state index >= 15 is 0 Å². The number of carboxylic acid groups (broad SMARTS) is 1. The Bertz CT molecular complexity index is 1740. The molecule has 2 N–H and O–H groups in total. The number of carbonyl (C=O) groups excluding carboxylic acids is 2. The summed E-state index contributed by atoms with van der Waals surface area (Å²) in [5, 5.41) is 21.8. The van der Waals surface area contributed by atoms with Crippen molar-refractivity contribution in [1.82, 2.24) is 0 Å². The van der Waals surface area contributed by atoms with Gasteiger partial charge in [-0.05, 0) is 86.5 Å². The summed E-state index contributed by atoms with van der Waals surface area (Å²) in [5.74, 6) is -1.93. The zero-order valence-electron chi connectivity index (χ0n) is 27.8. The molecule has 3 heterocycles. The normalized spacial score (nSPS) is 36.1. The van der Waals surface area contributed by atoms with Crippen molar-refractivity contribution in [3.8, 4) is 17.2 Å². The first kappa shape index (κ1) is 31.0. The summed E-state index contributed by atoms with van der Waals surface area (Å²) >= 11 is 0. The number of benzene rings is 1. The van der Waals surface area contributed by atoms with Crippen molar-refractivity contribution < 1.29 is 38.8 Å². The highest BCUT2D eigenvalue weighted by atomic mass is 16.6. The number of hydrogen-bond acceptors (Lipinski definition) is 7. The van der Waals surface area contributed by atoms with Crippen LogP contribution in [0.5, 0.6) is 17.2 Å². The van der Waals surface area contributed by atoms with Gasteiger partial charge in [-0.25, -0.2) is 4.79 Å². The van der Waals surface area contributed by atoms with Crippen molar-refractivity contribution in [1.29, 1.82) is 0 Å². The standard InChI is InChI=1S/C38H44O8/c1-18(2)9-10-23-31-27(24-17-36(8,44-31)13-12-22(24)19(3)4)30(40)28-29(39)25-15-21-16-26-35(6,7)46-37(33(21)41,14-11-20(5)34(42)43)38(25,26)45-32(23)28/h9,11,15,21-22,24,26,40H,3,10,12-14,16-17H2,1-2,4-8H3,(H,42,43)/b20-11-/t21-,22?,24?,26?,36?,37+,38-/m1/s1. The maximum absolute atomic E-state index is 15.0. The summed E-state index contributed by atoms with van der Waals surface area (Å²) in [6.07, 6.45) is 8.47. The number of carbonyl (C=O) groups is 3. The molecule has 1 spiro atoms. The van der Waals surface area contributed by atoms with Crippen molar-refractivity contribution >= 4 is 17.5 Å². The predicted octanol–water partition coefficient (Wildman–Crippen LogP) is 6.94. The van der Waals surface area contributed by atoms with E-state index in [1.54, 1.807) is 6.08 Å². The summed E-state index contributed by atoms with van der Waals surface area (Å²) in [6.45, 7) is 17.7. The van der Waals surface area contributed by atoms with Gasteiger partial charge in [0.05, 0.1) is 5.60 Å². The van der Waals surface area contributed by atoms with E-state index in [0.717, 1.165) is 24.0 Å². The van der Waals surface area contributed by atoms with Crippen LogP contribution in [-0.2, 0) is 20.7 Å². The molecule has 8 heteroatoms. The van der Waals surface area contributed by atoms with Gasteiger partial charge in [0.1, 0.15) is 28.4 Å². The van der Waals surface area contributed by atoms with Crippen LogP contribution in [0.2, 0.25) is 0 Å². The maximum atomic E-state index is 15.0. The van der Waals surface area contributed by atoms with Crippen molar-refractivity contribution in [2.24, 2.45) is 17.8 Å². The van der Waals surface area contributed by atoms with Crippen molar-refractivity contribution in [2.75, 3.05) is 0 Å². The van der Waals surface area contributed by atoms with Gasteiger partial charge in [0.25, 0.3) is 0 Å². The van der Waals surface area contributed by atoms with Gasteiger partial charge in [0.15, 0.2) is 22.8 Å². The molecule has 7 atom stereocenters. The number of carboxylic acids is 1. The topological polar surface area (TPSA) is 119 Å². The molecule has 0 aromatic heterocycles. The summed E-state index contributed by atoms with van der Waals surface area (Å²) in [7, 11) is 0. The van der Waals surface area contributed by atoms with E-state index in [1.165, 1.54) is 13.0 Å². The lowest BCUT2D eigenvalue weighted by Gasteiger charge is -2.56. The minimum Gasteiger partial charge on any atom is -0.507 e.